The van der Waals surface area contributed by atoms with Crippen molar-refractivity contribution in [2.24, 2.45) is 7.05 Å². The third-order valence-electron chi connectivity index (χ3n) is 1.94. The molecule has 0 aliphatic rings. The van der Waals surface area contributed by atoms with Gasteiger partial charge < -0.3 is 5.73 Å². The molecule has 14 heavy (non-hydrogen) atoms. The molecule has 0 saturated carbocycles. The van der Waals surface area contributed by atoms with Crippen molar-refractivity contribution in [1.82, 2.24) is 19.7 Å². The Morgan fingerprint density at radius 1 is 1.43 bits per heavy atom. The van der Waals surface area contributed by atoms with Gasteiger partial charge in [0, 0.05) is 25.0 Å². The Labute approximate surface area is 81.6 Å². The molecule has 2 aromatic rings. The smallest absolute Gasteiger partial charge is 0.180 e. The van der Waals surface area contributed by atoms with E-state index in [1.807, 2.05) is 13.0 Å². The average Bonchev–Trinajstić information content (AvgIpc) is 2.47. The van der Waals surface area contributed by atoms with Crippen molar-refractivity contribution >= 4 is 5.82 Å². The maximum atomic E-state index is 5.66. The Bertz CT molecular complexity index is 440. The molecule has 2 rings (SSSR count). The van der Waals surface area contributed by atoms with E-state index >= 15 is 0 Å². The maximum Gasteiger partial charge on any atom is 0.180 e. The molecule has 0 bridgehead atoms. The predicted molar refractivity (Wildman–Crippen MR) is 53.4 cm³/mol. The van der Waals surface area contributed by atoms with Crippen molar-refractivity contribution in [3.8, 4) is 11.5 Å². The monoisotopic (exact) mass is 189 g/mol. The number of nitrogens with two attached hydrogens (primary N) is 1. The van der Waals surface area contributed by atoms with Gasteiger partial charge in [0.2, 0.25) is 0 Å². The Morgan fingerprint density at radius 3 is 2.79 bits per heavy atom. The number of rotatable bonds is 1. The number of nitrogen functional groups attached to an aromatic ring is 1. The second-order valence-electron chi connectivity index (χ2n) is 3.10. The number of hydrogen-bond acceptors (Lipinski definition) is 4. The van der Waals surface area contributed by atoms with Crippen LogP contribution in [0, 0.1) is 6.92 Å². The van der Waals surface area contributed by atoms with Crippen molar-refractivity contribution in [2.75, 3.05) is 5.73 Å². The number of aryl methyl sites for hydroxylation is 2. The molecule has 0 amide bonds. The highest BCUT2D eigenvalue weighted by molar-refractivity contribution is 5.54. The largest absolute Gasteiger partial charge is 0.384 e. The van der Waals surface area contributed by atoms with E-state index in [0.717, 1.165) is 5.69 Å². The standard InChI is InChI=1S/C9H11N5/c1-6-3-4-11-9(12-6)7-5-8(10)14(2)13-7/h3-5H,10H2,1-2H3. The molecule has 72 valence electrons. The molecular formula is C9H11N5. The highest BCUT2D eigenvalue weighted by Crippen LogP contribution is 2.15. The van der Waals surface area contributed by atoms with E-state index in [9.17, 15) is 0 Å². The van der Waals surface area contributed by atoms with Gasteiger partial charge in [0.05, 0.1) is 0 Å². The summed E-state index contributed by atoms with van der Waals surface area (Å²) in [5.41, 5.74) is 7.28. The number of hydrogen-bond donors (Lipinski definition) is 1. The summed E-state index contributed by atoms with van der Waals surface area (Å²) in [6.45, 7) is 1.91. The first-order chi connectivity index (χ1) is 6.66. The molecule has 2 N–H and O–H groups in total. The van der Waals surface area contributed by atoms with E-state index in [2.05, 4.69) is 15.1 Å². The van der Waals surface area contributed by atoms with Crippen LogP contribution < -0.4 is 5.73 Å². The second kappa shape index (κ2) is 3.10. The van der Waals surface area contributed by atoms with E-state index < -0.39 is 0 Å². The summed E-state index contributed by atoms with van der Waals surface area (Å²) in [6.07, 6.45) is 1.71. The van der Waals surface area contributed by atoms with Gasteiger partial charge in [-0.2, -0.15) is 5.10 Å². The van der Waals surface area contributed by atoms with E-state index in [0.29, 0.717) is 17.3 Å². The van der Waals surface area contributed by atoms with Gasteiger partial charge in [-0.05, 0) is 13.0 Å². The van der Waals surface area contributed by atoms with Gasteiger partial charge >= 0.3 is 0 Å². The molecule has 5 nitrogen and oxygen atoms in total. The summed E-state index contributed by atoms with van der Waals surface area (Å²) in [5, 5.41) is 4.19. The highest BCUT2D eigenvalue weighted by Gasteiger charge is 2.06. The first kappa shape index (κ1) is 8.68. The fourth-order valence-corrected chi connectivity index (χ4v) is 1.16. The number of anilines is 1. The molecule has 0 aliphatic heterocycles. The van der Waals surface area contributed by atoms with Gasteiger partial charge in [0.1, 0.15) is 11.5 Å². The van der Waals surface area contributed by atoms with Crippen LogP contribution in [-0.4, -0.2) is 19.7 Å². The molecule has 0 atom stereocenters. The van der Waals surface area contributed by atoms with Crippen LogP contribution >= 0.6 is 0 Å². The van der Waals surface area contributed by atoms with Crippen LogP contribution in [0.25, 0.3) is 11.5 Å². The lowest BCUT2D eigenvalue weighted by Gasteiger charge is -1.95. The zero-order valence-corrected chi connectivity index (χ0v) is 8.10. The van der Waals surface area contributed by atoms with E-state index in [4.69, 9.17) is 5.73 Å². The Balaban J connectivity index is 2.49. The molecule has 0 aliphatic carbocycles. The van der Waals surface area contributed by atoms with Gasteiger partial charge in [-0.25, -0.2) is 9.97 Å². The van der Waals surface area contributed by atoms with Crippen LogP contribution in [0.15, 0.2) is 18.3 Å². The fraction of sp³-hybridized carbons (Fsp3) is 0.222. The van der Waals surface area contributed by atoms with Crippen LogP contribution in [0.3, 0.4) is 0 Å². The lowest BCUT2D eigenvalue weighted by molar-refractivity contribution is 0.779. The molecule has 5 heteroatoms. The summed E-state index contributed by atoms with van der Waals surface area (Å²) in [4.78, 5) is 8.38. The molecule has 0 radical (unpaired) electrons. The van der Waals surface area contributed by atoms with Crippen molar-refractivity contribution in [3.05, 3.63) is 24.0 Å². The van der Waals surface area contributed by atoms with Crippen LogP contribution in [0.1, 0.15) is 5.69 Å². The Morgan fingerprint density at radius 2 is 2.21 bits per heavy atom. The normalized spacial score (nSPS) is 10.4. The van der Waals surface area contributed by atoms with Gasteiger partial charge in [-0.15, -0.1) is 0 Å². The van der Waals surface area contributed by atoms with Gasteiger partial charge in [0.25, 0.3) is 0 Å². The minimum Gasteiger partial charge on any atom is -0.384 e. The van der Waals surface area contributed by atoms with Crippen LogP contribution in [0.4, 0.5) is 5.82 Å². The Hall–Kier alpha value is -1.91. The summed E-state index contributed by atoms with van der Waals surface area (Å²) in [6, 6.07) is 3.60. The zero-order valence-electron chi connectivity index (χ0n) is 8.10. The van der Waals surface area contributed by atoms with Crippen molar-refractivity contribution in [2.45, 2.75) is 6.92 Å². The third kappa shape index (κ3) is 1.44. The van der Waals surface area contributed by atoms with Crippen LogP contribution in [0.2, 0.25) is 0 Å². The molecule has 0 fully saturated rings. The molecule has 0 saturated heterocycles. The summed E-state index contributed by atoms with van der Waals surface area (Å²) < 4.78 is 1.60. The van der Waals surface area contributed by atoms with Crippen LogP contribution in [0.5, 0.6) is 0 Å². The zero-order chi connectivity index (χ0) is 10.1. The molecule has 2 aromatic heterocycles. The van der Waals surface area contributed by atoms with Crippen molar-refractivity contribution < 1.29 is 0 Å². The Kier molecular flexibility index (Phi) is 1.92. The molecule has 0 aromatic carbocycles. The lowest BCUT2D eigenvalue weighted by atomic mass is 10.3. The van der Waals surface area contributed by atoms with Gasteiger partial charge in [0.15, 0.2) is 5.82 Å². The van der Waals surface area contributed by atoms with Crippen molar-refractivity contribution in [1.29, 1.82) is 0 Å². The summed E-state index contributed by atoms with van der Waals surface area (Å²) in [7, 11) is 1.79. The van der Waals surface area contributed by atoms with Gasteiger partial charge in [-0.3, -0.25) is 4.68 Å². The summed E-state index contributed by atoms with van der Waals surface area (Å²) >= 11 is 0. The molecule has 2 heterocycles. The number of nitrogens with zero attached hydrogens (tertiary/aromatic N) is 4. The molecular weight excluding hydrogens is 178 g/mol. The molecule has 0 unspecified atom stereocenters. The lowest BCUT2D eigenvalue weighted by Crippen LogP contribution is -1.97. The highest BCUT2D eigenvalue weighted by atomic mass is 15.3. The minimum absolute atomic E-state index is 0.602. The second-order valence-corrected chi connectivity index (χ2v) is 3.10. The SMILES string of the molecule is Cc1ccnc(-c2cc(N)n(C)n2)n1. The third-order valence-corrected chi connectivity index (χ3v) is 1.94. The van der Waals surface area contributed by atoms with E-state index in [1.54, 1.807) is 24.0 Å². The summed E-state index contributed by atoms with van der Waals surface area (Å²) in [5.74, 6) is 1.21. The molecule has 0 spiro atoms. The first-order valence-electron chi connectivity index (χ1n) is 4.26. The number of aromatic nitrogens is 4. The van der Waals surface area contributed by atoms with Gasteiger partial charge in [-0.1, -0.05) is 0 Å². The quantitative estimate of drug-likeness (QED) is 0.719. The first-order valence-corrected chi connectivity index (χ1v) is 4.26. The van der Waals surface area contributed by atoms with E-state index in [1.165, 1.54) is 0 Å². The van der Waals surface area contributed by atoms with Crippen LogP contribution in [-0.2, 0) is 7.05 Å². The predicted octanol–water partition coefficient (Wildman–Crippen LogP) is 0.768. The maximum absolute atomic E-state index is 5.66. The fourth-order valence-electron chi connectivity index (χ4n) is 1.16. The average molecular weight is 189 g/mol. The van der Waals surface area contributed by atoms with E-state index in [-0.39, 0.29) is 0 Å². The minimum atomic E-state index is 0.602. The van der Waals surface area contributed by atoms with Crippen molar-refractivity contribution in [3.63, 3.8) is 0 Å². The topological polar surface area (TPSA) is 69.6 Å².